The third-order valence-electron chi connectivity index (χ3n) is 3.26. The Labute approximate surface area is 96.0 Å². The van der Waals surface area contributed by atoms with Gasteiger partial charge in [0.2, 0.25) is 0 Å². The predicted octanol–water partition coefficient (Wildman–Crippen LogP) is 2.30. The molecule has 0 saturated carbocycles. The summed E-state index contributed by atoms with van der Waals surface area (Å²) in [6.45, 7) is 2.71. The van der Waals surface area contributed by atoms with Crippen molar-refractivity contribution in [3.63, 3.8) is 0 Å². The minimum Gasteiger partial charge on any atom is -0.497 e. The average Bonchev–Trinajstić information content (AvgIpc) is 2.77. The van der Waals surface area contributed by atoms with Crippen molar-refractivity contribution in [3.8, 4) is 5.75 Å². The van der Waals surface area contributed by atoms with Gasteiger partial charge in [0.1, 0.15) is 11.9 Å². The van der Waals surface area contributed by atoms with E-state index >= 15 is 0 Å². The van der Waals surface area contributed by atoms with Gasteiger partial charge in [-0.2, -0.15) is 0 Å². The minimum atomic E-state index is -0.569. The molecular weight excluding hydrogens is 204 g/mol. The van der Waals surface area contributed by atoms with Crippen molar-refractivity contribution in [2.75, 3.05) is 13.7 Å². The molecule has 3 heteroatoms. The molecule has 0 aromatic heterocycles. The Morgan fingerprint density at radius 1 is 1.38 bits per heavy atom. The van der Waals surface area contributed by atoms with Crippen molar-refractivity contribution < 1.29 is 14.6 Å². The fourth-order valence-electron chi connectivity index (χ4n) is 2.16. The summed E-state index contributed by atoms with van der Waals surface area (Å²) < 4.78 is 10.7. The van der Waals surface area contributed by atoms with Crippen LogP contribution in [0.3, 0.4) is 0 Å². The Bertz CT molecular complexity index is 339. The van der Waals surface area contributed by atoms with Gasteiger partial charge in [0.25, 0.3) is 0 Å². The number of aliphatic hydroxyl groups excluding tert-OH is 1. The number of hydrogen-bond acceptors (Lipinski definition) is 3. The minimum absolute atomic E-state index is 0.436. The number of benzene rings is 1. The SMILES string of the molecule is COc1ccc(C(O)C2(C)CCCO2)cc1. The highest BCUT2D eigenvalue weighted by atomic mass is 16.5. The maximum Gasteiger partial charge on any atom is 0.118 e. The molecule has 1 saturated heterocycles. The molecule has 0 aliphatic carbocycles. The zero-order valence-corrected chi connectivity index (χ0v) is 9.77. The zero-order valence-electron chi connectivity index (χ0n) is 9.77. The molecular formula is C13H18O3. The lowest BCUT2D eigenvalue weighted by Crippen LogP contribution is -2.31. The third kappa shape index (κ3) is 2.06. The molecule has 0 amide bonds. The van der Waals surface area contributed by atoms with Crippen molar-refractivity contribution in [1.82, 2.24) is 0 Å². The highest BCUT2D eigenvalue weighted by Crippen LogP contribution is 2.37. The van der Waals surface area contributed by atoms with Crippen molar-refractivity contribution in [1.29, 1.82) is 0 Å². The van der Waals surface area contributed by atoms with Crippen molar-refractivity contribution in [2.45, 2.75) is 31.5 Å². The van der Waals surface area contributed by atoms with E-state index in [1.807, 2.05) is 31.2 Å². The Kier molecular flexibility index (Phi) is 3.17. The first-order valence-corrected chi connectivity index (χ1v) is 5.62. The smallest absolute Gasteiger partial charge is 0.118 e. The first-order valence-electron chi connectivity index (χ1n) is 5.62. The Balaban J connectivity index is 2.16. The van der Waals surface area contributed by atoms with Crippen LogP contribution in [0.25, 0.3) is 0 Å². The van der Waals surface area contributed by atoms with Crippen LogP contribution < -0.4 is 4.74 Å². The first kappa shape index (κ1) is 11.4. The molecule has 0 bridgehead atoms. The van der Waals surface area contributed by atoms with E-state index in [1.165, 1.54) is 0 Å². The van der Waals surface area contributed by atoms with E-state index in [0.29, 0.717) is 0 Å². The van der Waals surface area contributed by atoms with Crippen LogP contribution in [0.1, 0.15) is 31.4 Å². The van der Waals surface area contributed by atoms with Gasteiger partial charge in [-0.05, 0) is 37.5 Å². The molecule has 1 N–H and O–H groups in total. The van der Waals surface area contributed by atoms with Gasteiger partial charge in [-0.25, -0.2) is 0 Å². The van der Waals surface area contributed by atoms with Crippen LogP contribution in [-0.4, -0.2) is 24.4 Å². The number of ether oxygens (including phenoxy) is 2. The van der Waals surface area contributed by atoms with E-state index < -0.39 is 11.7 Å². The summed E-state index contributed by atoms with van der Waals surface area (Å²) >= 11 is 0. The number of methoxy groups -OCH3 is 1. The lowest BCUT2D eigenvalue weighted by molar-refractivity contribution is -0.0796. The molecule has 1 aliphatic rings. The number of rotatable bonds is 3. The van der Waals surface area contributed by atoms with E-state index in [0.717, 1.165) is 30.8 Å². The van der Waals surface area contributed by atoms with Crippen LogP contribution in [0, 0.1) is 0 Å². The second kappa shape index (κ2) is 4.44. The summed E-state index contributed by atoms with van der Waals surface area (Å²) in [6.07, 6.45) is 1.35. The fourth-order valence-corrected chi connectivity index (χ4v) is 2.16. The number of aliphatic hydroxyl groups is 1. The molecule has 2 unspecified atom stereocenters. The topological polar surface area (TPSA) is 38.7 Å². The third-order valence-corrected chi connectivity index (χ3v) is 3.26. The molecule has 1 aromatic carbocycles. The van der Waals surface area contributed by atoms with Crippen LogP contribution in [0.15, 0.2) is 24.3 Å². The second-order valence-corrected chi connectivity index (χ2v) is 4.44. The highest BCUT2D eigenvalue weighted by Gasteiger charge is 2.38. The Morgan fingerprint density at radius 3 is 2.56 bits per heavy atom. The van der Waals surface area contributed by atoms with Crippen molar-refractivity contribution in [2.24, 2.45) is 0 Å². The normalized spacial score (nSPS) is 26.7. The molecule has 1 aliphatic heterocycles. The quantitative estimate of drug-likeness (QED) is 0.852. The molecule has 16 heavy (non-hydrogen) atoms. The lowest BCUT2D eigenvalue weighted by Gasteiger charge is -2.29. The molecule has 0 radical (unpaired) electrons. The summed E-state index contributed by atoms with van der Waals surface area (Å²) in [7, 11) is 1.63. The summed E-state index contributed by atoms with van der Waals surface area (Å²) in [6, 6.07) is 7.49. The maximum absolute atomic E-state index is 10.3. The van der Waals surface area contributed by atoms with Crippen LogP contribution in [0.4, 0.5) is 0 Å². The molecule has 88 valence electrons. The standard InChI is InChI=1S/C13H18O3/c1-13(8-3-9-16-13)12(14)10-4-6-11(15-2)7-5-10/h4-7,12,14H,3,8-9H2,1-2H3. The van der Waals surface area contributed by atoms with Gasteiger partial charge in [-0.15, -0.1) is 0 Å². The fraction of sp³-hybridized carbons (Fsp3) is 0.538. The first-order chi connectivity index (χ1) is 7.65. The Hall–Kier alpha value is -1.06. The molecule has 2 rings (SSSR count). The monoisotopic (exact) mass is 222 g/mol. The van der Waals surface area contributed by atoms with Gasteiger partial charge in [0.05, 0.1) is 12.7 Å². The molecule has 2 atom stereocenters. The van der Waals surface area contributed by atoms with Crippen molar-refractivity contribution in [3.05, 3.63) is 29.8 Å². The summed E-state index contributed by atoms with van der Waals surface area (Å²) in [5.41, 5.74) is 0.444. The Morgan fingerprint density at radius 2 is 2.06 bits per heavy atom. The highest BCUT2D eigenvalue weighted by molar-refractivity contribution is 5.29. The van der Waals surface area contributed by atoms with Crippen LogP contribution in [0.2, 0.25) is 0 Å². The largest absolute Gasteiger partial charge is 0.497 e. The zero-order chi connectivity index (χ0) is 11.6. The van der Waals surface area contributed by atoms with Gasteiger partial charge >= 0.3 is 0 Å². The average molecular weight is 222 g/mol. The lowest BCUT2D eigenvalue weighted by atomic mass is 9.90. The molecule has 1 fully saturated rings. The van der Waals surface area contributed by atoms with Gasteiger partial charge < -0.3 is 14.6 Å². The van der Waals surface area contributed by atoms with Crippen molar-refractivity contribution >= 4 is 0 Å². The van der Waals surface area contributed by atoms with Gasteiger partial charge in [-0.1, -0.05) is 12.1 Å². The van der Waals surface area contributed by atoms with Crippen LogP contribution in [0.5, 0.6) is 5.75 Å². The summed E-state index contributed by atoms with van der Waals surface area (Å²) in [5.74, 6) is 0.799. The van der Waals surface area contributed by atoms with Gasteiger partial charge in [0, 0.05) is 6.61 Å². The van der Waals surface area contributed by atoms with E-state index in [1.54, 1.807) is 7.11 Å². The molecule has 0 spiro atoms. The van der Waals surface area contributed by atoms with E-state index in [2.05, 4.69) is 0 Å². The maximum atomic E-state index is 10.3. The predicted molar refractivity (Wildman–Crippen MR) is 61.5 cm³/mol. The van der Waals surface area contributed by atoms with E-state index in [4.69, 9.17) is 9.47 Å². The van der Waals surface area contributed by atoms with E-state index in [9.17, 15) is 5.11 Å². The summed E-state index contributed by atoms with van der Waals surface area (Å²) in [5, 5.41) is 10.3. The summed E-state index contributed by atoms with van der Waals surface area (Å²) in [4.78, 5) is 0. The van der Waals surface area contributed by atoms with Gasteiger partial charge in [0.15, 0.2) is 0 Å². The molecule has 3 nitrogen and oxygen atoms in total. The second-order valence-electron chi connectivity index (χ2n) is 4.44. The molecule has 1 heterocycles. The van der Waals surface area contributed by atoms with Gasteiger partial charge in [-0.3, -0.25) is 0 Å². The number of hydrogen-bond donors (Lipinski definition) is 1. The molecule has 1 aromatic rings. The van der Waals surface area contributed by atoms with E-state index in [-0.39, 0.29) is 0 Å². The van der Waals surface area contributed by atoms with Crippen LogP contribution in [-0.2, 0) is 4.74 Å². The van der Waals surface area contributed by atoms with Crippen LogP contribution >= 0.6 is 0 Å².